The Hall–Kier alpha value is -1.35. The van der Waals surface area contributed by atoms with Gasteiger partial charge in [-0.05, 0) is 75.3 Å². The van der Waals surface area contributed by atoms with Crippen LogP contribution in [0.5, 0.6) is 0 Å². The summed E-state index contributed by atoms with van der Waals surface area (Å²) < 4.78 is 0. The molecule has 0 aromatic heterocycles. The highest BCUT2D eigenvalue weighted by atomic mass is 16.3. The third-order valence-electron chi connectivity index (χ3n) is 4.97. The molecule has 0 aliphatic carbocycles. The molecule has 1 fully saturated rings. The van der Waals surface area contributed by atoms with Crippen LogP contribution < -0.4 is 0 Å². The first kappa shape index (κ1) is 15.0. The minimum absolute atomic E-state index is 0.123. The molecule has 3 heteroatoms. The molecule has 1 aromatic carbocycles. The third-order valence-corrected chi connectivity index (χ3v) is 4.97. The molecule has 1 N–H and O–H groups in total. The summed E-state index contributed by atoms with van der Waals surface area (Å²) in [4.78, 5) is 14.7. The monoisotopic (exact) mass is 275 g/mol. The Kier molecular flexibility index (Phi) is 4.19. The molecule has 0 bridgehead atoms. The summed E-state index contributed by atoms with van der Waals surface area (Å²) in [6.45, 7) is 11.7. The SMILES string of the molecule is Cc1c(C)c(C)c(C(=O)N2CCC(O)CC2)c(C)c1C. The second-order valence-electron chi connectivity index (χ2n) is 6.02. The lowest BCUT2D eigenvalue weighted by Gasteiger charge is -2.31. The molecule has 2 rings (SSSR count). The van der Waals surface area contributed by atoms with Crippen LogP contribution in [0.15, 0.2) is 0 Å². The number of benzene rings is 1. The van der Waals surface area contributed by atoms with Crippen LogP contribution in [0.25, 0.3) is 0 Å². The first-order chi connectivity index (χ1) is 9.34. The Morgan fingerprint density at radius 3 is 1.75 bits per heavy atom. The number of aliphatic hydroxyl groups excluding tert-OH is 1. The summed E-state index contributed by atoms with van der Waals surface area (Å²) in [6.07, 6.45) is 1.13. The summed E-state index contributed by atoms with van der Waals surface area (Å²) in [5.41, 5.74) is 6.78. The molecule has 1 amide bonds. The number of hydrogen-bond donors (Lipinski definition) is 1. The Balaban J connectivity index is 2.40. The Labute approximate surface area is 121 Å². The van der Waals surface area contributed by atoms with Crippen LogP contribution in [-0.2, 0) is 0 Å². The van der Waals surface area contributed by atoms with E-state index in [2.05, 4.69) is 20.8 Å². The molecule has 3 nitrogen and oxygen atoms in total. The van der Waals surface area contributed by atoms with E-state index in [-0.39, 0.29) is 12.0 Å². The average molecular weight is 275 g/mol. The van der Waals surface area contributed by atoms with Gasteiger partial charge in [-0.15, -0.1) is 0 Å². The van der Waals surface area contributed by atoms with Crippen molar-refractivity contribution in [2.75, 3.05) is 13.1 Å². The fourth-order valence-corrected chi connectivity index (χ4v) is 3.05. The topological polar surface area (TPSA) is 40.5 Å². The highest BCUT2D eigenvalue weighted by Gasteiger charge is 2.26. The van der Waals surface area contributed by atoms with Gasteiger partial charge in [0, 0.05) is 18.7 Å². The summed E-state index contributed by atoms with van der Waals surface area (Å²) in [5, 5.41) is 9.58. The fraction of sp³-hybridized carbons (Fsp3) is 0.588. The lowest BCUT2D eigenvalue weighted by Crippen LogP contribution is -2.40. The lowest BCUT2D eigenvalue weighted by atomic mass is 9.88. The smallest absolute Gasteiger partial charge is 0.254 e. The molecule has 0 radical (unpaired) electrons. The van der Waals surface area contributed by atoms with Gasteiger partial charge in [0.1, 0.15) is 0 Å². The van der Waals surface area contributed by atoms with Crippen molar-refractivity contribution >= 4 is 5.91 Å². The number of nitrogens with zero attached hydrogens (tertiary/aromatic N) is 1. The van der Waals surface area contributed by atoms with E-state index in [0.717, 1.165) is 16.7 Å². The predicted octanol–water partition coefficient (Wildman–Crippen LogP) is 2.83. The zero-order chi connectivity index (χ0) is 15.0. The van der Waals surface area contributed by atoms with Gasteiger partial charge in [-0.3, -0.25) is 4.79 Å². The lowest BCUT2D eigenvalue weighted by molar-refractivity contribution is 0.0545. The van der Waals surface area contributed by atoms with E-state index in [1.807, 2.05) is 18.7 Å². The summed E-state index contributed by atoms with van der Waals surface area (Å²) in [5.74, 6) is 0.123. The van der Waals surface area contributed by atoms with Gasteiger partial charge in [-0.1, -0.05) is 0 Å². The number of likely N-dealkylation sites (tertiary alicyclic amines) is 1. The van der Waals surface area contributed by atoms with Gasteiger partial charge < -0.3 is 10.0 Å². The van der Waals surface area contributed by atoms with E-state index in [9.17, 15) is 9.90 Å². The van der Waals surface area contributed by atoms with Crippen LogP contribution in [0.1, 0.15) is 51.0 Å². The molecule has 110 valence electrons. The number of rotatable bonds is 1. The second-order valence-corrected chi connectivity index (χ2v) is 6.02. The van der Waals surface area contributed by atoms with E-state index >= 15 is 0 Å². The largest absolute Gasteiger partial charge is 0.393 e. The molecular weight excluding hydrogens is 250 g/mol. The molecule has 0 spiro atoms. The Morgan fingerprint density at radius 1 is 0.900 bits per heavy atom. The standard InChI is InChI=1S/C17H25NO2/c1-10-11(2)13(4)16(14(5)12(10)3)17(20)18-8-6-15(19)7-9-18/h15,19H,6-9H2,1-5H3. The Morgan fingerprint density at radius 2 is 1.30 bits per heavy atom. The normalized spacial score (nSPS) is 16.6. The molecule has 1 aliphatic rings. The number of hydrogen-bond acceptors (Lipinski definition) is 2. The summed E-state index contributed by atoms with van der Waals surface area (Å²) in [7, 11) is 0. The molecule has 0 saturated carbocycles. The highest BCUT2D eigenvalue weighted by Crippen LogP contribution is 2.27. The third kappa shape index (κ3) is 2.47. The Bertz CT molecular complexity index is 511. The van der Waals surface area contributed by atoms with Crippen LogP contribution >= 0.6 is 0 Å². The number of carbonyl (C=O) groups excluding carboxylic acids is 1. The quantitative estimate of drug-likeness (QED) is 0.856. The van der Waals surface area contributed by atoms with Crippen molar-refractivity contribution in [3.63, 3.8) is 0 Å². The van der Waals surface area contributed by atoms with E-state index in [0.29, 0.717) is 25.9 Å². The molecule has 0 atom stereocenters. The van der Waals surface area contributed by atoms with Crippen LogP contribution in [0.3, 0.4) is 0 Å². The van der Waals surface area contributed by atoms with Gasteiger partial charge in [0.25, 0.3) is 5.91 Å². The minimum Gasteiger partial charge on any atom is -0.393 e. The maximum Gasteiger partial charge on any atom is 0.254 e. The van der Waals surface area contributed by atoms with Crippen molar-refractivity contribution < 1.29 is 9.90 Å². The number of piperidine rings is 1. The fourth-order valence-electron chi connectivity index (χ4n) is 3.05. The molecule has 0 unspecified atom stereocenters. The minimum atomic E-state index is -0.247. The van der Waals surface area contributed by atoms with Crippen molar-refractivity contribution in [1.29, 1.82) is 0 Å². The van der Waals surface area contributed by atoms with Crippen molar-refractivity contribution in [3.05, 3.63) is 33.4 Å². The highest BCUT2D eigenvalue weighted by molar-refractivity contribution is 5.98. The number of carbonyl (C=O) groups is 1. The van der Waals surface area contributed by atoms with Gasteiger partial charge in [0.2, 0.25) is 0 Å². The van der Waals surface area contributed by atoms with Gasteiger partial charge in [0.15, 0.2) is 0 Å². The van der Waals surface area contributed by atoms with Crippen molar-refractivity contribution in [1.82, 2.24) is 4.90 Å². The number of aliphatic hydroxyl groups is 1. The van der Waals surface area contributed by atoms with E-state index in [1.165, 1.54) is 16.7 Å². The molecule has 1 heterocycles. The summed E-state index contributed by atoms with van der Waals surface area (Å²) >= 11 is 0. The first-order valence-corrected chi connectivity index (χ1v) is 7.38. The van der Waals surface area contributed by atoms with Gasteiger partial charge in [-0.2, -0.15) is 0 Å². The predicted molar refractivity (Wildman–Crippen MR) is 81.3 cm³/mol. The second kappa shape index (κ2) is 5.57. The molecule has 20 heavy (non-hydrogen) atoms. The first-order valence-electron chi connectivity index (χ1n) is 7.38. The van der Waals surface area contributed by atoms with Crippen molar-refractivity contribution in [3.8, 4) is 0 Å². The van der Waals surface area contributed by atoms with Crippen molar-refractivity contribution in [2.24, 2.45) is 0 Å². The van der Waals surface area contributed by atoms with E-state index in [1.54, 1.807) is 0 Å². The molecule has 1 saturated heterocycles. The van der Waals surface area contributed by atoms with Crippen molar-refractivity contribution in [2.45, 2.75) is 53.6 Å². The zero-order valence-corrected chi connectivity index (χ0v) is 13.2. The maximum atomic E-state index is 12.8. The zero-order valence-electron chi connectivity index (χ0n) is 13.2. The van der Waals surface area contributed by atoms with Gasteiger partial charge in [0.05, 0.1) is 6.10 Å². The van der Waals surface area contributed by atoms with Gasteiger partial charge in [-0.25, -0.2) is 0 Å². The van der Waals surface area contributed by atoms with E-state index < -0.39 is 0 Å². The molecule has 1 aliphatic heterocycles. The van der Waals surface area contributed by atoms with Crippen LogP contribution in [-0.4, -0.2) is 35.1 Å². The maximum absolute atomic E-state index is 12.8. The van der Waals surface area contributed by atoms with Crippen LogP contribution in [0.4, 0.5) is 0 Å². The summed E-state index contributed by atoms with van der Waals surface area (Å²) in [6, 6.07) is 0. The van der Waals surface area contributed by atoms with Crippen LogP contribution in [0, 0.1) is 34.6 Å². The van der Waals surface area contributed by atoms with E-state index in [4.69, 9.17) is 0 Å². The average Bonchev–Trinajstić information content (AvgIpc) is 2.44. The molecule has 1 aromatic rings. The molecular formula is C17H25NO2. The van der Waals surface area contributed by atoms with Crippen LogP contribution in [0.2, 0.25) is 0 Å². The van der Waals surface area contributed by atoms with Gasteiger partial charge >= 0.3 is 0 Å². The number of amides is 1.